The second-order valence-corrected chi connectivity index (χ2v) is 4.18. The second-order valence-electron chi connectivity index (χ2n) is 4.18. The predicted molar refractivity (Wildman–Crippen MR) is 79.2 cm³/mol. The molecule has 0 atom stereocenters. The smallest absolute Gasteiger partial charge is 0.481 e. The monoisotopic (exact) mass is 629 g/mol. The van der Waals surface area contributed by atoms with Gasteiger partial charge < -0.3 is 31.9 Å². The third kappa shape index (κ3) is 46.3. The van der Waals surface area contributed by atoms with Gasteiger partial charge in [-0.05, 0) is 25.9 Å². The molecule has 0 heterocycles. The van der Waals surface area contributed by atoms with Crippen molar-refractivity contribution in [3.8, 4) is 0 Å². The third-order valence-corrected chi connectivity index (χ3v) is 1.70. The summed E-state index contributed by atoms with van der Waals surface area (Å²) in [5.74, 6) is -7.67. The fraction of sp³-hybridized carbons (Fsp3) is 0.667. The molecule has 10 nitrogen and oxygen atoms in total. The molecule has 0 bridgehead atoms. The number of unbranched alkanes of at least 4 members (excludes halogenated alkanes) is 1. The summed E-state index contributed by atoms with van der Waals surface area (Å²) in [6.45, 7) is 1.55. The Morgan fingerprint density at radius 3 is 0.862 bits per heavy atom. The average Bonchev–Trinajstić information content (AvgIpc) is 2.51. The SMILES string of the molecule is NCCCCN.O=C(O)C(F)(F)F.O=C(O)C(F)(F)F.O=C(O)CCC(=O)O.[Pt+2]. The molecule has 0 spiro atoms. The molecule has 0 aliphatic carbocycles. The van der Waals surface area contributed by atoms with E-state index in [9.17, 15) is 35.9 Å². The van der Waals surface area contributed by atoms with E-state index in [-0.39, 0.29) is 33.9 Å². The Kier molecular flexibility index (Phi) is 27.1. The number of halogens is 6. The van der Waals surface area contributed by atoms with Crippen molar-refractivity contribution in [2.75, 3.05) is 13.1 Å². The van der Waals surface area contributed by atoms with Gasteiger partial charge in [-0.15, -0.1) is 0 Å². The van der Waals surface area contributed by atoms with Gasteiger partial charge in [0.25, 0.3) is 0 Å². The van der Waals surface area contributed by atoms with Crippen molar-refractivity contribution in [2.45, 2.75) is 38.0 Å². The van der Waals surface area contributed by atoms with Gasteiger partial charge in [0.05, 0.1) is 12.8 Å². The zero-order valence-electron chi connectivity index (χ0n) is 14.4. The van der Waals surface area contributed by atoms with Crippen molar-refractivity contribution in [2.24, 2.45) is 11.5 Å². The van der Waals surface area contributed by atoms with Crippen LogP contribution in [0.2, 0.25) is 0 Å². The number of rotatable bonds is 6. The first-order valence-electron chi connectivity index (χ1n) is 6.87. The van der Waals surface area contributed by atoms with Gasteiger partial charge in [0, 0.05) is 0 Å². The van der Waals surface area contributed by atoms with Crippen LogP contribution in [0.4, 0.5) is 26.3 Å². The Labute approximate surface area is 174 Å². The maximum atomic E-state index is 10.6. The number of hydrogen-bond donors (Lipinski definition) is 6. The van der Waals surface area contributed by atoms with Crippen LogP contribution in [0.3, 0.4) is 0 Å². The van der Waals surface area contributed by atoms with Gasteiger partial charge >= 0.3 is 57.3 Å². The number of carboxylic acid groups (broad SMARTS) is 4. The minimum atomic E-state index is -5.08. The van der Waals surface area contributed by atoms with E-state index in [1.54, 1.807) is 0 Å². The summed E-state index contributed by atoms with van der Waals surface area (Å²) in [6, 6.07) is 0. The van der Waals surface area contributed by atoms with Crippen molar-refractivity contribution >= 4 is 23.9 Å². The van der Waals surface area contributed by atoms with Crippen LogP contribution in [0.15, 0.2) is 0 Å². The molecule has 17 heteroatoms. The second kappa shape index (κ2) is 20.8. The molecule has 29 heavy (non-hydrogen) atoms. The molecule has 0 aliphatic heterocycles. The van der Waals surface area contributed by atoms with E-state index in [1.807, 2.05) is 0 Å². The Balaban J connectivity index is -0.0000000877. The number of aliphatic carboxylic acids is 4. The number of carboxylic acids is 4. The Morgan fingerprint density at radius 1 is 0.621 bits per heavy atom. The fourth-order valence-corrected chi connectivity index (χ4v) is 0.503. The first-order valence-corrected chi connectivity index (χ1v) is 6.87. The van der Waals surface area contributed by atoms with E-state index < -0.39 is 36.2 Å². The van der Waals surface area contributed by atoms with Gasteiger partial charge in [-0.2, -0.15) is 26.3 Å². The molecule has 0 saturated heterocycles. The molecule has 0 aromatic carbocycles. The minimum absolute atomic E-state index is 0. The van der Waals surface area contributed by atoms with E-state index in [0.29, 0.717) is 0 Å². The molecule has 0 amide bonds. The quantitative estimate of drug-likeness (QED) is 0.181. The summed E-state index contributed by atoms with van der Waals surface area (Å²) < 4.78 is 63.5. The molecule has 0 aromatic heterocycles. The van der Waals surface area contributed by atoms with Crippen molar-refractivity contribution in [3.05, 3.63) is 0 Å². The van der Waals surface area contributed by atoms with E-state index in [1.165, 1.54) is 0 Å². The van der Waals surface area contributed by atoms with Crippen molar-refractivity contribution < 1.29 is 87.0 Å². The average molecular weight is 629 g/mol. The maximum absolute atomic E-state index is 10.6. The summed E-state index contributed by atoms with van der Waals surface area (Å²) in [7, 11) is 0. The largest absolute Gasteiger partial charge is 2.00 e. The van der Waals surface area contributed by atoms with Gasteiger partial charge in [-0.1, -0.05) is 0 Å². The molecule has 0 fully saturated rings. The normalized spacial score (nSPS) is 9.66. The van der Waals surface area contributed by atoms with Crippen LogP contribution in [-0.2, 0) is 40.2 Å². The van der Waals surface area contributed by atoms with Gasteiger partial charge in [-0.25, -0.2) is 9.59 Å². The first kappa shape index (κ1) is 37.8. The molecule has 0 unspecified atom stereocenters. The molecule has 0 aromatic rings. The summed E-state index contributed by atoms with van der Waals surface area (Å²) >= 11 is 0. The van der Waals surface area contributed by atoms with Crippen LogP contribution in [0, 0.1) is 0 Å². The molecule has 0 rings (SSSR count). The number of carbonyl (C=O) groups is 4. The summed E-state index contributed by atoms with van der Waals surface area (Å²) in [5.41, 5.74) is 10.3. The van der Waals surface area contributed by atoms with E-state index in [0.717, 1.165) is 25.9 Å². The summed E-state index contributed by atoms with van der Waals surface area (Å²) in [6.07, 6.45) is -8.63. The van der Waals surface area contributed by atoms with Crippen LogP contribution in [-0.4, -0.2) is 69.7 Å². The number of nitrogens with two attached hydrogens (primary N) is 2. The molecule has 0 aliphatic rings. The predicted octanol–water partition coefficient (Wildman–Crippen LogP) is 0.884. The van der Waals surface area contributed by atoms with Gasteiger partial charge in [0.2, 0.25) is 0 Å². The zero-order chi connectivity index (χ0) is 23.6. The molecule has 8 N–H and O–H groups in total. The van der Waals surface area contributed by atoms with Crippen LogP contribution in [0.25, 0.3) is 0 Å². The van der Waals surface area contributed by atoms with Crippen molar-refractivity contribution in [1.82, 2.24) is 0 Å². The standard InChI is InChI=1S/C4H12N2.C4H6O4.2C2HF3O2.Pt/c5-3-1-2-4-6;5-3(6)1-2-4(7)8;2*3-2(4,5)1(6)7;/h1-6H2;1-2H2,(H,5,6)(H,7,8);2*(H,6,7);/q;;;;+2. The zero-order valence-corrected chi connectivity index (χ0v) is 16.7. The van der Waals surface area contributed by atoms with Crippen LogP contribution >= 0.6 is 0 Å². The van der Waals surface area contributed by atoms with E-state index in [2.05, 4.69) is 0 Å². The molecule has 0 saturated carbocycles. The minimum Gasteiger partial charge on any atom is -0.481 e. The topological polar surface area (TPSA) is 201 Å². The van der Waals surface area contributed by atoms with Gasteiger partial charge in [-0.3, -0.25) is 9.59 Å². The first-order chi connectivity index (χ1) is 12.4. The Morgan fingerprint density at radius 2 is 0.793 bits per heavy atom. The summed E-state index contributed by atoms with van der Waals surface area (Å²) in [5, 5.41) is 30.0. The fourth-order valence-electron chi connectivity index (χ4n) is 0.503. The third-order valence-electron chi connectivity index (χ3n) is 1.70. The van der Waals surface area contributed by atoms with Gasteiger partial charge in [0.1, 0.15) is 0 Å². The van der Waals surface area contributed by atoms with Crippen LogP contribution in [0.1, 0.15) is 25.7 Å². The van der Waals surface area contributed by atoms with Crippen molar-refractivity contribution in [3.63, 3.8) is 0 Å². The van der Waals surface area contributed by atoms with Crippen molar-refractivity contribution in [1.29, 1.82) is 0 Å². The van der Waals surface area contributed by atoms with E-state index in [4.69, 9.17) is 41.5 Å². The Bertz CT molecular complexity index is 432. The van der Waals surface area contributed by atoms with Gasteiger partial charge in [0.15, 0.2) is 0 Å². The molecular weight excluding hydrogens is 609 g/mol. The van der Waals surface area contributed by atoms with Crippen LogP contribution < -0.4 is 11.5 Å². The van der Waals surface area contributed by atoms with Crippen LogP contribution in [0.5, 0.6) is 0 Å². The molecule has 176 valence electrons. The summed E-state index contributed by atoms with van der Waals surface area (Å²) in [4.78, 5) is 37.1. The van der Waals surface area contributed by atoms with E-state index >= 15 is 0 Å². The number of hydrogen-bond acceptors (Lipinski definition) is 6. The number of alkyl halides is 6. The molecular formula is C12H20F6N2O8Pt+2. The molecule has 0 radical (unpaired) electrons. The Hall–Kier alpha value is -1.93. The maximum Gasteiger partial charge on any atom is 2.00 e.